The molecule has 0 aliphatic rings. The molecular weight excluding hydrogens is 220 g/mol. The predicted octanol–water partition coefficient (Wildman–Crippen LogP) is 2.23. The topological polar surface area (TPSA) is 32.7 Å². The predicted molar refractivity (Wildman–Crippen MR) is 69.8 cm³/mol. The van der Waals surface area contributed by atoms with E-state index in [4.69, 9.17) is 0 Å². The maximum Gasteiger partial charge on any atom is 0.252 e. The van der Waals surface area contributed by atoms with Crippen molar-refractivity contribution in [2.75, 3.05) is 19.1 Å². The summed E-state index contributed by atoms with van der Waals surface area (Å²) in [4.78, 5) is 11.5. The fourth-order valence-corrected chi connectivity index (χ4v) is 1.67. The Morgan fingerprint density at radius 1 is 1.38 bits per heavy atom. The first-order valence-electron chi connectivity index (χ1n) is 5.01. The highest BCUT2D eigenvalue weighted by Gasteiger charge is 2.06. The van der Waals surface area contributed by atoms with Crippen LogP contribution in [0.4, 0.5) is 0 Å². The quantitative estimate of drug-likeness (QED) is 0.593. The van der Waals surface area contributed by atoms with Crippen LogP contribution in [0.25, 0.3) is 0 Å². The first kappa shape index (κ1) is 12.8. The molecule has 1 amide bonds. The van der Waals surface area contributed by atoms with Gasteiger partial charge in [0.25, 0.3) is 5.91 Å². The molecular formula is C12H16N2OS. The summed E-state index contributed by atoms with van der Waals surface area (Å²) in [6, 6.07) is 9.83. The average molecular weight is 236 g/mol. The van der Waals surface area contributed by atoms with Crippen molar-refractivity contribution in [3.63, 3.8) is 0 Å². The van der Waals surface area contributed by atoms with E-state index in [0.717, 1.165) is 11.3 Å². The molecule has 0 heterocycles. The lowest BCUT2D eigenvalue weighted by Gasteiger charge is -2.11. The highest BCUT2D eigenvalue weighted by Crippen LogP contribution is 2.03. The Morgan fingerprint density at radius 2 is 2.00 bits per heavy atom. The van der Waals surface area contributed by atoms with E-state index in [1.54, 1.807) is 7.05 Å². The van der Waals surface area contributed by atoms with Crippen LogP contribution in [0.5, 0.6) is 0 Å². The number of carbonyl (C=O) groups is 1. The van der Waals surface area contributed by atoms with Gasteiger partial charge in [0.1, 0.15) is 0 Å². The number of carbonyl (C=O) groups excluding carboxylic acids is 1. The van der Waals surface area contributed by atoms with Crippen LogP contribution in [0.3, 0.4) is 0 Å². The van der Waals surface area contributed by atoms with E-state index < -0.39 is 0 Å². The van der Waals surface area contributed by atoms with Crippen LogP contribution >= 0.6 is 11.8 Å². The molecule has 0 saturated heterocycles. The van der Waals surface area contributed by atoms with Crippen LogP contribution in [-0.4, -0.2) is 35.7 Å². The molecule has 1 aromatic carbocycles. The maximum atomic E-state index is 11.5. The minimum atomic E-state index is 0.0165. The highest BCUT2D eigenvalue weighted by atomic mass is 32.2. The average Bonchev–Trinajstić information content (AvgIpc) is 2.30. The molecule has 3 nitrogen and oxygen atoms in total. The molecule has 0 saturated carbocycles. The second-order valence-electron chi connectivity index (χ2n) is 3.40. The van der Waals surface area contributed by atoms with Crippen molar-refractivity contribution in [2.24, 2.45) is 5.10 Å². The zero-order valence-electron chi connectivity index (χ0n) is 9.80. The number of hydrogen-bond acceptors (Lipinski definition) is 3. The van der Waals surface area contributed by atoms with E-state index in [9.17, 15) is 4.79 Å². The number of thioether (sulfide) groups is 1. The van der Waals surface area contributed by atoms with Gasteiger partial charge in [-0.15, -0.1) is 0 Å². The smallest absolute Gasteiger partial charge is 0.252 e. The molecule has 0 radical (unpaired) electrons. The van der Waals surface area contributed by atoms with Crippen molar-refractivity contribution in [3.05, 3.63) is 35.9 Å². The monoisotopic (exact) mass is 236 g/mol. The summed E-state index contributed by atoms with van der Waals surface area (Å²) in [6.45, 7) is 1.90. The Bertz CT molecular complexity index is 376. The zero-order valence-corrected chi connectivity index (χ0v) is 10.6. The SMILES string of the molecule is CSCC(=O)N(C)N=C(C)c1ccccc1. The molecule has 0 spiro atoms. The third-order valence-corrected chi connectivity index (χ3v) is 2.66. The van der Waals surface area contributed by atoms with Gasteiger partial charge in [-0.25, -0.2) is 5.01 Å². The molecule has 4 heteroatoms. The van der Waals surface area contributed by atoms with Crippen molar-refractivity contribution < 1.29 is 4.79 Å². The van der Waals surface area contributed by atoms with Crippen LogP contribution in [0.1, 0.15) is 12.5 Å². The molecule has 0 aromatic heterocycles. The Labute approximate surface area is 101 Å². The standard InChI is InChI=1S/C12H16N2OS/c1-10(11-7-5-4-6-8-11)13-14(2)12(15)9-16-3/h4-8H,9H2,1-3H3. The molecule has 0 fully saturated rings. The lowest BCUT2D eigenvalue weighted by molar-refractivity contribution is -0.127. The number of hydrazone groups is 1. The number of hydrogen-bond donors (Lipinski definition) is 0. The van der Waals surface area contributed by atoms with E-state index in [1.807, 2.05) is 43.5 Å². The van der Waals surface area contributed by atoms with Crippen molar-refractivity contribution in [1.29, 1.82) is 0 Å². The van der Waals surface area contributed by atoms with Gasteiger partial charge in [0, 0.05) is 7.05 Å². The van der Waals surface area contributed by atoms with E-state index in [0.29, 0.717) is 5.75 Å². The summed E-state index contributed by atoms with van der Waals surface area (Å²) in [5.41, 5.74) is 1.88. The second kappa shape index (κ2) is 6.33. The fraction of sp³-hybridized carbons (Fsp3) is 0.333. The van der Waals surface area contributed by atoms with Crippen molar-refractivity contribution >= 4 is 23.4 Å². The van der Waals surface area contributed by atoms with Crippen LogP contribution in [0.2, 0.25) is 0 Å². The first-order chi connectivity index (χ1) is 7.65. The molecule has 0 unspecified atom stereocenters. The van der Waals surface area contributed by atoms with Gasteiger partial charge in [-0.1, -0.05) is 30.3 Å². The summed E-state index contributed by atoms with van der Waals surface area (Å²) in [5, 5.41) is 5.65. The maximum absolute atomic E-state index is 11.5. The lowest BCUT2D eigenvalue weighted by Crippen LogP contribution is -2.24. The number of nitrogens with zero attached hydrogens (tertiary/aromatic N) is 2. The zero-order chi connectivity index (χ0) is 12.0. The lowest BCUT2D eigenvalue weighted by atomic mass is 10.1. The Kier molecular flexibility index (Phi) is 5.05. The molecule has 0 bridgehead atoms. The molecule has 0 aliphatic carbocycles. The fourth-order valence-electron chi connectivity index (χ4n) is 1.23. The van der Waals surface area contributed by atoms with Crippen molar-refractivity contribution in [1.82, 2.24) is 5.01 Å². The summed E-state index contributed by atoms with van der Waals surface area (Å²) >= 11 is 1.50. The van der Waals surface area contributed by atoms with Crippen molar-refractivity contribution in [3.8, 4) is 0 Å². The van der Waals surface area contributed by atoms with Gasteiger partial charge in [-0.2, -0.15) is 16.9 Å². The second-order valence-corrected chi connectivity index (χ2v) is 4.27. The number of rotatable bonds is 4. The van der Waals surface area contributed by atoms with E-state index in [2.05, 4.69) is 5.10 Å². The van der Waals surface area contributed by atoms with Gasteiger partial charge in [0.2, 0.25) is 0 Å². The van der Waals surface area contributed by atoms with Gasteiger partial charge in [0.15, 0.2) is 0 Å². The molecule has 1 aromatic rings. The normalized spacial score (nSPS) is 11.3. The van der Waals surface area contributed by atoms with Gasteiger partial charge in [0.05, 0.1) is 11.5 Å². The minimum absolute atomic E-state index is 0.0165. The number of amides is 1. The summed E-state index contributed by atoms with van der Waals surface area (Å²) in [7, 11) is 1.69. The van der Waals surface area contributed by atoms with E-state index in [-0.39, 0.29) is 5.91 Å². The van der Waals surface area contributed by atoms with E-state index >= 15 is 0 Å². The van der Waals surface area contributed by atoms with Gasteiger partial charge >= 0.3 is 0 Å². The minimum Gasteiger partial charge on any atom is -0.272 e. The third kappa shape index (κ3) is 3.70. The van der Waals surface area contributed by atoms with Crippen LogP contribution in [-0.2, 0) is 4.79 Å². The third-order valence-electron chi connectivity index (χ3n) is 2.12. The largest absolute Gasteiger partial charge is 0.272 e. The Morgan fingerprint density at radius 3 is 2.56 bits per heavy atom. The first-order valence-corrected chi connectivity index (χ1v) is 6.40. The van der Waals surface area contributed by atoms with E-state index in [1.165, 1.54) is 16.8 Å². The molecule has 16 heavy (non-hydrogen) atoms. The molecule has 86 valence electrons. The number of benzene rings is 1. The van der Waals surface area contributed by atoms with Crippen molar-refractivity contribution in [2.45, 2.75) is 6.92 Å². The molecule has 0 aliphatic heterocycles. The van der Waals surface area contributed by atoms with Crippen LogP contribution in [0, 0.1) is 0 Å². The van der Waals surface area contributed by atoms with Gasteiger partial charge in [-0.3, -0.25) is 4.79 Å². The van der Waals surface area contributed by atoms with Crippen LogP contribution < -0.4 is 0 Å². The molecule has 0 atom stereocenters. The Hall–Kier alpha value is -1.29. The summed E-state index contributed by atoms with van der Waals surface area (Å²) in [5.74, 6) is 0.477. The molecule has 1 rings (SSSR count). The Balaban J connectivity index is 2.73. The van der Waals surface area contributed by atoms with Gasteiger partial charge < -0.3 is 0 Å². The molecule has 0 N–H and O–H groups in total. The summed E-state index contributed by atoms with van der Waals surface area (Å²) < 4.78 is 0. The van der Waals surface area contributed by atoms with Gasteiger partial charge in [-0.05, 0) is 18.7 Å². The summed E-state index contributed by atoms with van der Waals surface area (Å²) in [6.07, 6.45) is 1.90. The highest BCUT2D eigenvalue weighted by molar-refractivity contribution is 7.99. The van der Waals surface area contributed by atoms with Crippen LogP contribution in [0.15, 0.2) is 35.4 Å².